The molecular formula is C40H26N4O. The second-order valence-electron chi connectivity index (χ2n) is 11.4. The van der Waals surface area contributed by atoms with E-state index in [1.807, 2.05) is 66.9 Å². The lowest BCUT2D eigenvalue weighted by Crippen LogP contribution is -2.04. The van der Waals surface area contributed by atoms with Gasteiger partial charge in [-0.25, -0.2) is 15.0 Å². The summed E-state index contributed by atoms with van der Waals surface area (Å²) in [5.41, 5.74) is 9.63. The zero-order valence-electron chi connectivity index (χ0n) is 24.3. The summed E-state index contributed by atoms with van der Waals surface area (Å²) < 4.78 is 6.29. The summed E-state index contributed by atoms with van der Waals surface area (Å²) in [6, 6.07) is 37.2. The fraction of sp³-hybridized carbons (Fsp3) is 0.0500. The van der Waals surface area contributed by atoms with Crippen LogP contribution in [0, 0.1) is 0 Å². The third-order valence-electron chi connectivity index (χ3n) is 8.65. The van der Waals surface area contributed by atoms with E-state index in [9.17, 15) is 0 Å². The van der Waals surface area contributed by atoms with E-state index in [2.05, 4.69) is 72.8 Å². The van der Waals surface area contributed by atoms with E-state index in [-0.39, 0.29) is 5.92 Å². The fourth-order valence-corrected chi connectivity index (χ4v) is 6.43. The molecule has 1 unspecified atom stereocenters. The zero-order chi connectivity index (χ0) is 29.7. The first-order chi connectivity index (χ1) is 22.3. The minimum absolute atomic E-state index is 0.211. The van der Waals surface area contributed by atoms with E-state index in [0.717, 1.165) is 79.1 Å². The molecule has 0 bridgehead atoms. The molecule has 45 heavy (non-hydrogen) atoms. The first-order valence-electron chi connectivity index (χ1n) is 15.2. The van der Waals surface area contributed by atoms with Crippen molar-refractivity contribution in [3.8, 4) is 56.5 Å². The summed E-state index contributed by atoms with van der Waals surface area (Å²) in [5, 5.41) is 2.19. The van der Waals surface area contributed by atoms with Crippen molar-refractivity contribution in [1.82, 2.24) is 19.9 Å². The minimum Gasteiger partial charge on any atom is -0.456 e. The highest BCUT2D eigenvalue weighted by molar-refractivity contribution is 6.09. The van der Waals surface area contributed by atoms with Gasteiger partial charge in [-0.05, 0) is 59.8 Å². The third-order valence-corrected chi connectivity index (χ3v) is 8.65. The van der Waals surface area contributed by atoms with Crippen molar-refractivity contribution in [3.63, 3.8) is 0 Å². The third kappa shape index (κ3) is 4.40. The SMILES string of the molecule is C1=CCC(c2cc(-c3ccccc3)nc(-c3ccc4nc(-c5ccc6c7c(cccc57)-c5ccccc5O6)cnc4c3)n2)C=C1. The summed E-state index contributed by atoms with van der Waals surface area (Å²) in [4.78, 5) is 20.0. The van der Waals surface area contributed by atoms with Gasteiger partial charge in [0.25, 0.3) is 0 Å². The van der Waals surface area contributed by atoms with Crippen molar-refractivity contribution in [2.24, 2.45) is 0 Å². The summed E-state index contributed by atoms with van der Waals surface area (Å²) in [7, 11) is 0. The van der Waals surface area contributed by atoms with Crippen molar-refractivity contribution in [1.29, 1.82) is 0 Å². The molecule has 7 aromatic rings. The molecule has 5 nitrogen and oxygen atoms in total. The lowest BCUT2D eigenvalue weighted by atomic mass is 9.92. The highest BCUT2D eigenvalue weighted by Crippen LogP contribution is 2.48. The molecule has 0 spiro atoms. The maximum Gasteiger partial charge on any atom is 0.160 e. The molecule has 3 heterocycles. The van der Waals surface area contributed by atoms with Gasteiger partial charge in [0.15, 0.2) is 5.82 Å². The molecule has 0 saturated carbocycles. The van der Waals surface area contributed by atoms with Gasteiger partial charge in [-0.2, -0.15) is 0 Å². The quantitative estimate of drug-likeness (QED) is 0.208. The monoisotopic (exact) mass is 578 g/mol. The Kier molecular flexibility index (Phi) is 5.88. The number of ether oxygens (including phenoxy) is 1. The number of aromatic nitrogens is 4. The van der Waals surface area contributed by atoms with Crippen LogP contribution in [0.3, 0.4) is 0 Å². The summed E-state index contributed by atoms with van der Waals surface area (Å²) >= 11 is 0. The standard InChI is InChI=1S/C40H26N4O/c1-3-10-25(11-4-1)33-23-34(26-12-5-2-6-13-26)44-40(43-33)27-18-20-32-35(22-27)41-24-36(42-32)28-19-21-38-39-30(28)15-9-16-31(39)29-14-7-8-17-37(29)45-38/h1-12,14-24,26H,13H2. The van der Waals surface area contributed by atoms with Crippen LogP contribution in [0.25, 0.3) is 66.8 Å². The molecule has 0 saturated heterocycles. The highest BCUT2D eigenvalue weighted by Gasteiger charge is 2.22. The van der Waals surface area contributed by atoms with Crippen LogP contribution in [-0.4, -0.2) is 19.9 Å². The van der Waals surface area contributed by atoms with Gasteiger partial charge in [0.2, 0.25) is 0 Å². The smallest absolute Gasteiger partial charge is 0.160 e. The Hall–Kier alpha value is -5.94. The Balaban J connectivity index is 1.13. The van der Waals surface area contributed by atoms with Crippen molar-refractivity contribution in [2.45, 2.75) is 12.3 Å². The molecule has 9 rings (SSSR count). The lowest BCUT2D eigenvalue weighted by molar-refractivity contribution is 0.487. The molecule has 1 aliphatic carbocycles. The van der Waals surface area contributed by atoms with E-state index in [1.165, 1.54) is 5.56 Å². The van der Waals surface area contributed by atoms with E-state index in [0.29, 0.717) is 5.82 Å². The van der Waals surface area contributed by atoms with E-state index in [4.69, 9.17) is 24.7 Å². The van der Waals surface area contributed by atoms with Crippen molar-refractivity contribution in [2.75, 3.05) is 0 Å². The molecule has 212 valence electrons. The average molecular weight is 579 g/mol. The van der Waals surface area contributed by atoms with Crippen LogP contribution in [0.2, 0.25) is 0 Å². The number of allylic oxidation sites excluding steroid dienone is 4. The molecule has 5 heteroatoms. The van der Waals surface area contributed by atoms with E-state index >= 15 is 0 Å². The number of hydrogen-bond acceptors (Lipinski definition) is 5. The van der Waals surface area contributed by atoms with E-state index < -0.39 is 0 Å². The summed E-state index contributed by atoms with van der Waals surface area (Å²) in [5.74, 6) is 2.64. The molecule has 2 aliphatic rings. The molecule has 0 radical (unpaired) electrons. The first kappa shape index (κ1) is 25.5. The van der Waals surface area contributed by atoms with Gasteiger partial charge in [-0.3, -0.25) is 4.98 Å². The van der Waals surface area contributed by atoms with E-state index in [1.54, 1.807) is 0 Å². The molecule has 0 N–H and O–H groups in total. The molecule has 0 amide bonds. The fourth-order valence-electron chi connectivity index (χ4n) is 6.43. The number of nitrogens with zero attached hydrogens (tertiary/aromatic N) is 4. The van der Waals surface area contributed by atoms with Crippen LogP contribution in [0.5, 0.6) is 11.5 Å². The molecule has 5 aromatic carbocycles. The number of benzene rings is 5. The van der Waals surface area contributed by atoms with Crippen LogP contribution < -0.4 is 4.74 Å². The zero-order valence-corrected chi connectivity index (χ0v) is 24.3. The Morgan fingerprint density at radius 1 is 0.600 bits per heavy atom. The maximum absolute atomic E-state index is 6.29. The van der Waals surface area contributed by atoms with Crippen LogP contribution in [0.4, 0.5) is 0 Å². The Bertz CT molecular complexity index is 2340. The van der Waals surface area contributed by atoms with Gasteiger partial charge >= 0.3 is 0 Å². The predicted octanol–water partition coefficient (Wildman–Crippen LogP) is 9.95. The summed E-state index contributed by atoms with van der Waals surface area (Å²) in [6.07, 6.45) is 11.4. The maximum atomic E-state index is 6.29. The first-order valence-corrected chi connectivity index (χ1v) is 15.2. The lowest BCUT2D eigenvalue weighted by Gasteiger charge is -2.22. The Morgan fingerprint density at radius 3 is 2.40 bits per heavy atom. The largest absolute Gasteiger partial charge is 0.456 e. The molecule has 1 atom stereocenters. The highest BCUT2D eigenvalue weighted by atomic mass is 16.5. The van der Waals surface area contributed by atoms with Gasteiger partial charge in [0.1, 0.15) is 11.5 Å². The molecule has 2 aromatic heterocycles. The van der Waals surface area contributed by atoms with Gasteiger partial charge in [-0.15, -0.1) is 0 Å². The van der Waals surface area contributed by atoms with Gasteiger partial charge in [0, 0.05) is 33.6 Å². The average Bonchev–Trinajstić information content (AvgIpc) is 3.12. The Labute approximate surface area is 260 Å². The van der Waals surface area contributed by atoms with Crippen LogP contribution >= 0.6 is 0 Å². The molecular weight excluding hydrogens is 552 g/mol. The number of rotatable bonds is 4. The van der Waals surface area contributed by atoms with Crippen LogP contribution in [0.1, 0.15) is 18.0 Å². The van der Waals surface area contributed by atoms with Crippen molar-refractivity contribution >= 4 is 21.8 Å². The predicted molar refractivity (Wildman–Crippen MR) is 180 cm³/mol. The van der Waals surface area contributed by atoms with Crippen molar-refractivity contribution < 1.29 is 4.74 Å². The second-order valence-corrected chi connectivity index (χ2v) is 11.4. The minimum atomic E-state index is 0.211. The Morgan fingerprint density at radius 2 is 1.49 bits per heavy atom. The van der Waals surface area contributed by atoms with Crippen LogP contribution in [-0.2, 0) is 0 Å². The normalized spacial score (nSPS) is 14.8. The van der Waals surface area contributed by atoms with Crippen LogP contribution in [0.15, 0.2) is 140 Å². The molecule has 1 aliphatic heterocycles. The number of para-hydroxylation sites is 1. The van der Waals surface area contributed by atoms with Crippen molar-refractivity contribution in [3.05, 3.63) is 145 Å². The topological polar surface area (TPSA) is 60.8 Å². The van der Waals surface area contributed by atoms with Gasteiger partial charge in [-0.1, -0.05) is 91.0 Å². The van der Waals surface area contributed by atoms with Gasteiger partial charge < -0.3 is 4.74 Å². The molecule has 0 fully saturated rings. The number of hydrogen-bond donors (Lipinski definition) is 0. The van der Waals surface area contributed by atoms with Gasteiger partial charge in [0.05, 0.1) is 34.3 Å². The number of fused-ring (bicyclic) bond motifs is 3. The second kappa shape index (κ2) is 10.4. The summed E-state index contributed by atoms with van der Waals surface area (Å²) in [6.45, 7) is 0.